The standard InChI is InChI=1S/C18H17NO6/c1-22-14-5-11-10(6-17(21)19-12(11)7-13(14)20)9-3-15(23-2)18-16(4-9)24-8-25-18/h3-5,7,10,20H,6,8H2,1-2H3,(H,19,21). The number of amides is 1. The number of aromatic hydroxyl groups is 1. The predicted octanol–water partition coefficient (Wildman–Crippen LogP) is 2.61. The maximum Gasteiger partial charge on any atom is 0.231 e. The van der Waals surface area contributed by atoms with Crippen molar-refractivity contribution in [3.63, 3.8) is 0 Å². The van der Waals surface area contributed by atoms with Gasteiger partial charge in [0.1, 0.15) is 0 Å². The highest BCUT2D eigenvalue weighted by Gasteiger charge is 2.31. The number of hydrogen-bond acceptors (Lipinski definition) is 6. The number of fused-ring (bicyclic) bond motifs is 2. The molecule has 0 saturated heterocycles. The predicted molar refractivity (Wildman–Crippen MR) is 88.9 cm³/mol. The third-order valence-electron chi connectivity index (χ3n) is 4.47. The third-order valence-corrected chi connectivity index (χ3v) is 4.47. The number of ether oxygens (including phenoxy) is 4. The minimum Gasteiger partial charge on any atom is -0.504 e. The molecule has 2 aliphatic rings. The molecule has 0 aromatic heterocycles. The summed E-state index contributed by atoms with van der Waals surface area (Å²) in [4.78, 5) is 12.2. The van der Waals surface area contributed by atoms with E-state index < -0.39 is 0 Å². The first-order valence-electron chi connectivity index (χ1n) is 7.79. The van der Waals surface area contributed by atoms with Crippen LogP contribution in [0, 0.1) is 0 Å². The van der Waals surface area contributed by atoms with Gasteiger partial charge in [-0.25, -0.2) is 0 Å². The van der Waals surface area contributed by atoms with Crippen molar-refractivity contribution in [3.8, 4) is 28.7 Å². The van der Waals surface area contributed by atoms with E-state index in [4.69, 9.17) is 18.9 Å². The van der Waals surface area contributed by atoms with E-state index in [1.807, 2.05) is 12.1 Å². The van der Waals surface area contributed by atoms with Crippen LogP contribution in [0.25, 0.3) is 0 Å². The molecule has 4 rings (SSSR count). The van der Waals surface area contributed by atoms with Gasteiger partial charge in [-0.3, -0.25) is 4.79 Å². The van der Waals surface area contributed by atoms with Gasteiger partial charge in [-0.15, -0.1) is 0 Å². The number of methoxy groups -OCH3 is 2. The molecule has 1 unspecified atom stereocenters. The van der Waals surface area contributed by atoms with Crippen LogP contribution in [0.3, 0.4) is 0 Å². The molecule has 7 nitrogen and oxygen atoms in total. The molecule has 0 aliphatic carbocycles. The van der Waals surface area contributed by atoms with Crippen LogP contribution in [-0.4, -0.2) is 32.0 Å². The molecule has 1 atom stereocenters. The number of benzene rings is 2. The van der Waals surface area contributed by atoms with Gasteiger partial charge in [0.15, 0.2) is 23.0 Å². The smallest absolute Gasteiger partial charge is 0.231 e. The Bertz CT molecular complexity index is 863. The van der Waals surface area contributed by atoms with E-state index in [2.05, 4.69) is 5.32 Å². The minimum absolute atomic E-state index is 0.0227. The zero-order valence-corrected chi connectivity index (χ0v) is 13.8. The Balaban J connectivity index is 1.86. The summed E-state index contributed by atoms with van der Waals surface area (Å²) < 4.78 is 21.5. The Hall–Kier alpha value is -3.09. The number of phenolic OH excluding ortho intramolecular Hbond substituents is 1. The minimum atomic E-state index is -0.221. The van der Waals surface area contributed by atoms with Crippen molar-refractivity contribution in [2.75, 3.05) is 26.3 Å². The van der Waals surface area contributed by atoms with Gasteiger partial charge < -0.3 is 29.4 Å². The molecule has 0 fully saturated rings. The van der Waals surface area contributed by atoms with Crippen molar-refractivity contribution in [2.24, 2.45) is 0 Å². The highest BCUT2D eigenvalue weighted by molar-refractivity contribution is 5.96. The van der Waals surface area contributed by atoms with Crippen molar-refractivity contribution in [2.45, 2.75) is 12.3 Å². The number of carbonyl (C=O) groups is 1. The number of hydrogen-bond donors (Lipinski definition) is 2. The third kappa shape index (κ3) is 2.48. The van der Waals surface area contributed by atoms with E-state index in [-0.39, 0.29) is 30.8 Å². The zero-order chi connectivity index (χ0) is 17.6. The van der Waals surface area contributed by atoms with Crippen LogP contribution < -0.4 is 24.3 Å². The van der Waals surface area contributed by atoms with Gasteiger partial charge in [0.05, 0.1) is 14.2 Å². The first kappa shape index (κ1) is 15.4. The summed E-state index contributed by atoms with van der Waals surface area (Å²) in [5, 5.41) is 12.8. The van der Waals surface area contributed by atoms with Crippen molar-refractivity contribution in [1.82, 2.24) is 0 Å². The van der Waals surface area contributed by atoms with Crippen LogP contribution in [0.15, 0.2) is 24.3 Å². The molecule has 0 bridgehead atoms. The molecule has 0 saturated carbocycles. The summed E-state index contributed by atoms with van der Waals surface area (Å²) in [6.45, 7) is 0.137. The molecule has 2 aromatic rings. The van der Waals surface area contributed by atoms with Gasteiger partial charge in [0.2, 0.25) is 18.4 Å². The second-order valence-corrected chi connectivity index (χ2v) is 5.87. The molecule has 7 heteroatoms. The van der Waals surface area contributed by atoms with Crippen LogP contribution in [0.2, 0.25) is 0 Å². The Kier molecular flexibility index (Phi) is 3.56. The second kappa shape index (κ2) is 5.77. The second-order valence-electron chi connectivity index (χ2n) is 5.87. The molecule has 2 heterocycles. The molecule has 0 spiro atoms. The molecule has 1 amide bonds. The Morgan fingerprint density at radius 1 is 1.12 bits per heavy atom. The van der Waals surface area contributed by atoms with Crippen LogP contribution in [0.5, 0.6) is 28.7 Å². The van der Waals surface area contributed by atoms with Crippen LogP contribution in [0.1, 0.15) is 23.5 Å². The van der Waals surface area contributed by atoms with E-state index in [1.165, 1.54) is 13.2 Å². The maximum atomic E-state index is 12.2. The summed E-state index contributed by atoms with van der Waals surface area (Å²) in [6, 6.07) is 6.95. The fourth-order valence-corrected chi connectivity index (χ4v) is 3.29. The van der Waals surface area contributed by atoms with Gasteiger partial charge in [0, 0.05) is 24.1 Å². The fourth-order valence-electron chi connectivity index (χ4n) is 3.29. The van der Waals surface area contributed by atoms with Crippen LogP contribution >= 0.6 is 0 Å². The Morgan fingerprint density at radius 3 is 2.68 bits per heavy atom. The van der Waals surface area contributed by atoms with Crippen molar-refractivity contribution < 1.29 is 28.8 Å². The highest BCUT2D eigenvalue weighted by Crippen LogP contribution is 2.48. The number of phenols is 1. The average molecular weight is 343 g/mol. The van der Waals surface area contributed by atoms with Crippen molar-refractivity contribution >= 4 is 11.6 Å². The van der Waals surface area contributed by atoms with E-state index in [1.54, 1.807) is 13.2 Å². The monoisotopic (exact) mass is 343 g/mol. The Labute approximate surface area is 144 Å². The summed E-state index contributed by atoms with van der Waals surface area (Å²) in [5.41, 5.74) is 2.29. The molecule has 2 aromatic carbocycles. The van der Waals surface area contributed by atoms with Gasteiger partial charge >= 0.3 is 0 Å². The summed E-state index contributed by atoms with van der Waals surface area (Å²) in [6.07, 6.45) is 0.268. The highest BCUT2D eigenvalue weighted by atomic mass is 16.7. The molecule has 2 aliphatic heterocycles. The van der Waals surface area contributed by atoms with E-state index in [0.717, 1.165) is 11.1 Å². The van der Waals surface area contributed by atoms with E-state index in [0.29, 0.717) is 28.7 Å². The van der Waals surface area contributed by atoms with Crippen LogP contribution in [0.4, 0.5) is 5.69 Å². The van der Waals surface area contributed by atoms with Gasteiger partial charge in [-0.2, -0.15) is 0 Å². The van der Waals surface area contributed by atoms with Gasteiger partial charge in [-0.05, 0) is 29.3 Å². The van der Waals surface area contributed by atoms with Gasteiger partial charge in [0.25, 0.3) is 0 Å². The lowest BCUT2D eigenvalue weighted by atomic mass is 9.84. The average Bonchev–Trinajstić information content (AvgIpc) is 3.08. The molecule has 2 N–H and O–H groups in total. The lowest BCUT2D eigenvalue weighted by Crippen LogP contribution is -2.23. The number of carbonyl (C=O) groups excluding carboxylic acids is 1. The van der Waals surface area contributed by atoms with Crippen LogP contribution in [-0.2, 0) is 4.79 Å². The van der Waals surface area contributed by atoms with Crippen molar-refractivity contribution in [1.29, 1.82) is 0 Å². The Morgan fingerprint density at radius 2 is 1.92 bits per heavy atom. The quantitative estimate of drug-likeness (QED) is 0.891. The normalized spacial score (nSPS) is 17.7. The first-order valence-corrected chi connectivity index (χ1v) is 7.79. The zero-order valence-electron chi connectivity index (χ0n) is 13.8. The number of anilines is 1. The maximum absolute atomic E-state index is 12.2. The summed E-state index contributed by atoms with van der Waals surface area (Å²) in [7, 11) is 3.05. The van der Waals surface area contributed by atoms with E-state index in [9.17, 15) is 9.90 Å². The first-order chi connectivity index (χ1) is 12.1. The van der Waals surface area contributed by atoms with E-state index >= 15 is 0 Å². The molecule has 25 heavy (non-hydrogen) atoms. The largest absolute Gasteiger partial charge is 0.504 e. The SMILES string of the molecule is COc1cc2c(cc1O)NC(=O)CC2c1cc(OC)c2c(c1)OCO2. The molecular formula is C18H17NO6. The molecular weight excluding hydrogens is 326 g/mol. The lowest BCUT2D eigenvalue weighted by molar-refractivity contribution is -0.116. The fraction of sp³-hybridized carbons (Fsp3) is 0.278. The van der Waals surface area contributed by atoms with Gasteiger partial charge in [-0.1, -0.05) is 0 Å². The lowest BCUT2D eigenvalue weighted by Gasteiger charge is -2.27. The summed E-state index contributed by atoms with van der Waals surface area (Å²) in [5.74, 6) is 1.70. The molecule has 130 valence electrons. The number of nitrogens with one attached hydrogen (secondary N) is 1. The molecule has 0 radical (unpaired) electrons. The number of rotatable bonds is 3. The topological polar surface area (TPSA) is 86.3 Å². The van der Waals surface area contributed by atoms with Crippen molar-refractivity contribution in [3.05, 3.63) is 35.4 Å². The summed E-state index contributed by atoms with van der Waals surface area (Å²) >= 11 is 0.